The van der Waals surface area contributed by atoms with Gasteiger partial charge in [-0.25, -0.2) is 4.98 Å². The lowest BCUT2D eigenvalue weighted by Crippen LogP contribution is -2.16. The normalized spacial score (nSPS) is 12.5. The molecule has 1 N–H and O–H groups in total. The average molecular weight is 340 g/mol. The van der Waals surface area contributed by atoms with Gasteiger partial charge in [0.15, 0.2) is 0 Å². The van der Waals surface area contributed by atoms with Crippen LogP contribution in [0.3, 0.4) is 0 Å². The van der Waals surface area contributed by atoms with E-state index in [0.717, 1.165) is 10.2 Å². The second-order valence-corrected chi connectivity index (χ2v) is 5.99. The highest BCUT2D eigenvalue weighted by atomic mass is 79.9. The summed E-state index contributed by atoms with van der Waals surface area (Å²) in [5, 5.41) is 3.99. The molecule has 0 aliphatic carbocycles. The molecule has 1 atom stereocenters. The average Bonchev–Trinajstić information content (AvgIpc) is 2.40. The van der Waals surface area contributed by atoms with Crippen molar-refractivity contribution < 1.29 is 0 Å². The summed E-state index contributed by atoms with van der Waals surface area (Å²) >= 11 is 9.31. The van der Waals surface area contributed by atoms with E-state index in [2.05, 4.69) is 64.3 Å². The van der Waals surface area contributed by atoms with Crippen LogP contribution in [0.15, 0.2) is 47.1 Å². The molecule has 0 aliphatic heterocycles. The van der Waals surface area contributed by atoms with Crippen LogP contribution in [-0.4, -0.2) is 4.98 Å². The van der Waals surface area contributed by atoms with Crippen LogP contribution < -0.4 is 5.32 Å². The first-order valence-corrected chi connectivity index (χ1v) is 7.37. The van der Waals surface area contributed by atoms with Crippen molar-refractivity contribution in [1.82, 2.24) is 4.98 Å². The van der Waals surface area contributed by atoms with Crippen molar-refractivity contribution in [3.05, 3.63) is 57.8 Å². The molecule has 0 fully saturated rings. The molecular weight excluding hydrogens is 324 g/mol. The van der Waals surface area contributed by atoms with Gasteiger partial charge in [-0.15, -0.1) is 0 Å². The molecule has 0 saturated carbocycles. The van der Waals surface area contributed by atoms with Gasteiger partial charge in [-0.1, -0.05) is 55.8 Å². The van der Waals surface area contributed by atoms with Crippen molar-refractivity contribution in [2.45, 2.75) is 19.9 Å². The van der Waals surface area contributed by atoms with Gasteiger partial charge in [-0.3, -0.25) is 0 Å². The summed E-state index contributed by atoms with van der Waals surface area (Å²) in [4.78, 5) is 4.14. The number of benzene rings is 1. The molecule has 19 heavy (non-hydrogen) atoms. The van der Waals surface area contributed by atoms with Crippen LogP contribution in [0, 0.1) is 5.92 Å². The second-order valence-electron chi connectivity index (χ2n) is 4.77. The molecule has 4 heteroatoms. The van der Waals surface area contributed by atoms with Gasteiger partial charge in [0.2, 0.25) is 0 Å². The first-order valence-electron chi connectivity index (χ1n) is 6.20. The fourth-order valence-corrected chi connectivity index (χ4v) is 2.43. The standard InChI is InChI=1S/C15H16BrClN2/c1-10(2)14(11-6-4-3-5-7-11)19-12-8-13(16)15(17)18-9-12/h3-10,14,19H,1-2H3. The molecule has 0 spiro atoms. The molecule has 2 rings (SSSR count). The van der Waals surface area contributed by atoms with Crippen molar-refractivity contribution in [2.24, 2.45) is 5.92 Å². The number of nitrogens with one attached hydrogen (secondary N) is 1. The van der Waals surface area contributed by atoms with Crippen molar-refractivity contribution in [3.8, 4) is 0 Å². The number of hydrogen-bond donors (Lipinski definition) is 1. The van der Waals surface area contributed by atoms with Crippen LogP contribution in [0.25, 0.3) is 0 Å². The van der Waals surface area contributed by atoms with Crippen LogP contribution in [0.5, 0.6) is 0 Å². The minimum Gasteiger partial charge on any atom is -0.377 e. The number of nitrogens with zero attached hydrogens (tertiary/aromatic N) is 1. The zero-order chi connectivity index (χ0) is 13.8. The highest BCUT2D eigenvalue weighted by Gasteiger charge is 2.15. The minimum absolute atomic E-state index is 0.246. The summed E-state index contributed by atoms with van der Waals surface area (Å²) in [7, 11) is 0. The Bertz CT molecular complexity index is 543. The quantitative estimate of drug-likeness (QED) is 0.764. The Labute approximate surface area is 127 Å². The first kappa shape index (κ1) is 14.4. The number of pyridine rings is 1. The molecule has 1 heterocycles. The van der Waals surface area contributed by atoms with E-state index in [4.69, 9.17) is 11.6 Å². The maximum atomic E-state index is 5.91. The monoisotopic (exact) mass is 338 g/mol. The molecule has 2 aromatic rings. The van der Waals surface area contributed by atoms with Gasteiger partial charge in [-0.2, -0.15) is 0 Å². The molecule has 0 radical (unpaired) electrons. The van der Waals surface area contributed by atoms with Gasteiger partial charge in [0.1, 0.15) is 5.15 Å². The van der Waals surface area contributed by atoms with E-state index >= 15 is 0 Å². The van der Waals surface area contributed by atoms with Gasteiger partial charge >= 0.3 is 0 Å². The minimum atomic E-state index is 0.246. The fourth-order valence-electron chi connectivity index (χ4n) is 1.97. The Morgan fingerprint density at radius 2 is 1.89 bits per heavy atom. The number of anilines is 1. The lowest BCUT2D eigenvalue weighted by atomic mass is 9.96. The lowest BCUT2D eigenvalue weighted by Gasteiger charge is -2.24. The van der Waals surface area contributed by atoms with Gasteiger partial charge < -0.3 is 5.32 Å². The predicted octanol–water partition coefficient (Wildman–Crippen LogP) is 5.31. The molecule has 100 valence electrons. The highest BCUT2D eigenvalue weighted by molar-refractivity contribution is 9.10. The van der Waals surface area contributed by atoms with Crippen molar-refractivity contribution in [1.29, 1.82) is 0 Å². The highest BCUT2D eigenvalue weighted by Crippen LogP contribution is 2.29. The Kier molecular flexibility index (Phi) is 4.83. The smallest absolute Gasteiger partial charge is 0.143 e. The molecule has 0 amide bonds. The Morgan fingerprint density at radius 1 is 1.21 bits per heavy atom. The topological polar surface area (TPSA) is 24.9 Å². The number of rotatable bonds is 4. The maximum absolute atomic E-state index is 5.91. The van der Waals surface area contributed by atoms with E-state index in [1.54, 1.807) is 6.20 Å². The summed E-state index contributed by atoms with van der Waals surface area (Å²) in [5.74, 6) is 0.469. The third kappa shape index (κ3) is 3.71. The molecule has 1 aromatic carbocycles. The van der Waals surface area contributed by atoms with Crippen LogP contribution in [-0.2, 0) is 0 Å². The summed E-state index contributed by atoms with van der Waals surface area (Å²) in [6.45, 7) is 4.39. The molecule has 1 aromatic heterocycles. The van der Waals surface area contributed by atoms with Crippen LogP contribution in [0.2, 0.25) is 5.15 Å². The van der Waals surface area contributed by atoms with Gasteiger partial charge in [-0.05, 0) is 33.5 Å². The molecule has 2 nitrogen and oxygen atoms in total. The van der Waals surface area contributed by atoms with Crippen LogP contribution >= 0.6 is 27.5 Å². The van der Waals surface area contributed by atoms with E-state index in [0.29, 0.717) is 11.1 Å². The van der Waals surface area contributed by atoms with E-state index in [1.807, 2.05) is 12.1 Å². The zero-order valence-corrected chi connectivity index (χ0v) is 13.2. The van der Waals surface area contributed by atoms with Crippen molar-refractivity contribution in [3.63, 3.8) is 0 Å². The van der Waals surface area contributed by atoms with E-state index in [-0.39, 0.29) is 6.04 Å². The summed E-state index contributed by atoms with van der Waals surface area (Å²) in [6, 6.07) is 12.6. The van der Waals surface area contributed by atoms with Crippen LogP contribution in [0.1, 0.15) is 25.5 Å². The molecule has 0 saturated heterocycles. The first-order chi connectivity index (χ1) is 9.08. The van der Waals surface area contributed by atoms with E-state index < -0.39 is 0 Å². The number of aromatic nitrogens is 1. The third-order valence-electron chi connectivity index (χ3n) is 2.94. The molecule has 1 unspecified atom stereocenters. The summed E-state index contributed by atoms with van der Waals surface area (Å²) < 4.78 is 0.801. The SMILES string of the molecule is CC(C)C(Nc1cnc(Cl)c(Br)c1)c1ccccc1. The molecular formula is C15H16BrClN2. The predicted molar refractivity (Wildman–Crippen MR) is 84.6 cm³/mol. The second kappa shape index (κ2) is 6.40. The van der Waals surface area contributed by atoms with Gasteiger partial charge in [0.25, 0.3) is 0 Å². The number of hydrogen-bond acceptors (Lipinski definition) is 2. The van der Waals surface area contributed by atoms with Crippen molar-refractivity contribution in [2.75, 3.05) is 5.32 Å². The van der Waals surface area contributed by atoms with Crippen LogP contribution in [0.4, 0.5) is 5.69 Å². The fraction of sp³-hybridized carbons (Fsp3) is 0.267. The largest absolute Gasteiger partial charge is 0.377 e. The maximum Gasteiger partial charge on any atom is 0.143 e. The Hall–Kier alpha value is -1.06. The Balaban J connectivity index is 2.24. The van der Waals surface area contributed by atoms with E-state index in [9.17, 15) is 0 Å². The van der Waals surface area contributed by atoms with Gasteiger partial charge in [0.05, 0.1) is 22.4 Å². The summed E-state index contributed by atoms with van der Waals surface area (Å²) in [6.07, 6.45) is 1.76. The number of halogens is 2. The summed E-state index contributed by atoms with van der Waals surface area (Å²) in [5.41, 5.74) is 2.22. The van der Waals surface area contributed by atoms with E-state index in [1.165, 1.54) is 5.56 Å². The third-order valence-corrected chi connectivity index (χ3v) is 4.08. The zero-order valence-electron chi connectivity index (χ0n) is 10.9. The van der Waals surface area contributed by atoms with Gasteiger partial charge in [0, 0.05) is 0 Å². The molecule has 0 aliphatic rings. The Morgan fingerprint density at radius 3 is 2.47 bits per heavy atom. The lowest BCUT2D eigenvalue weighted by molar-refractivity contribution is 0.546. The molecule has 0 bridgehead atoms. The van der Waals surface area contributed by atoms with Crippen molar-refractivity contribution >= 4 is 33.2 Å².